The number of ether oxygens (including phenoxy) is 6. The summed E-state index contributed by atoms with van der Waals surface area (Å²) in [6, 6.07) is 18.5. The summed E-state index contributed by atoms with van der Waals surface area (Å²) < 4.78 is 40.9. The van der Waals surface area contributed by atoms with Gasteiger partial charge in [0.1, 0.15) is 34.5 Å². The van der Waals surface area contributed by atoms with Crippen LogP contribution in [0.1, 0.15) is 122 Å². The fraction of sp³-hybridized carbons (Fsp3) is 0.571. The molecule has 3 rings (SSSR count). The summed E-state index contributed by atoms with van der Waals surface area (Å²) in [7, 11) is -1.53. The van der Waals surface area contributed by atoms with E-state index in [1.807, 2.05) is 18.2 Å². The third kappa shape index (κ3) is 10.9. The zero-order valence-electron chi connectivity index (χ0n) is 32.3. The molecular formula is C42H63O6P. The number of rotatable bonds is 21. The fourth-order valence-electron chi connectivity index (χ4n) is 4.87. The van der Waals surface area contributed by atoms with E-state index in [0.717, 1.165) is 88.9 Å². The largest absolute Gasteiger partial charge is 0.490 e. The number of benzene rings is 3. The van der Waals surface area contributed by atoms with Gasteiger partial charge in [-0.2, -0.15) is 0 Å². The van der Waals surface area contributed by atoms with Crippen molar-refractivity contribution in [2.45, 2.75) is 158 Å². The molecule has 6 atom stereocenters. The van der Waals surface area contributed by atoms with Crippen LogP contribution in [-0.2, 0) is 0 Å². The fourth-order valence-corrected chi connectivity index (χ4v) is 7.63. The van der Waals surface area contributed by atoms with Crippen LogP contribution in [-0.4, -0.2) is 36.6 Å². The van der Waals surface area contributed by atoms with Crippen LogP contribution < -0.4 is 44.3 Å². The molecule has 3 aromatic carbocycles. The maximum Gasteiger partial charge on any atom is 0.131 e. The summed E-state index contributed by atoms with van der Waals surface area (Å²) in [6.07, 6.45) is 5.08. The van der Waals surface area contributed by atoms with Gasteiger partial charge in [-0.05, 0) is 116 Å². The van der Waals surface area contributed by atoms with Gasteiger partial charge in [0.25, 0.3) is 0 Å². The van der Waals surface area contributed by atoms with Crippen molar-refractivity contribution in [2.75, 3.05) is 0 Å². The summed E-state index contributed by atoms with van der Waals surface area (Å²) in [5, 5.41) is 2.88. The molecule has 49 heavy (non-hydrogen) atoms. The summed E-state index contributed by atoms with van der Waals surface area (Å²) in [6.45, 7) is 25.6. The van der Waals surface area contributed by atoms with Crippen LogP contribution in [0.3, 0.4) is 0 Å². The average Bonchev–Trinajstić information content (AvgIpc) is 3.10. The van der Waals surface area contributed by atoms with Gasteiger partial charge in [0, 0.05) is 7.92 Å². The summed E-state index contributed by atoms with van der Waals surface area (Å²) in [4.78, 5) is 0. The second-order valence-corrected chi connectivity index (χ2v) is 15.2. The Balaban J connectivity index is 2.65. The minimum Gasteiger partial charge on any atom is -0.490 e. The highest BCUT2D eigenvalue weighted by atomic mass is 31.1. The standard InChI is InChI=1S/C42H63O6P/c1-13-28(7)43-34-22-19-23-35(44-29(8)14-2)40(34)49(41-36(45-30(9)15-3)24-20-25-37(41)46-31(10)16-4)42-38(47-32(11)17-5)26-21-27-39(42)48-33(12)18-6/h19-33H,13-18H2,1-12H3. The minimum absolute atomic E-state index is 0.0145. The van der Waals surface area contributed by atoms with Gasteiger partial charge >= 0.3 is 0 Å². The second kappa shape index (κ2) is 19.9. The van der Waals surface area contributed by atoms with Gasteiger partial charge < -0.3 is 28.4 Å². The van der Waals surface area contributed by atoms with E-state index in [1.165, 1.54) is 0 Å². The molecule has 0 aliphatic carbocycles. The molecule has 0 N–H and O–H groups in total. The molecule has 0 saturated carbocycles. The highest BCUT2D eigenvalue weighted by Crippen LogP contribution is 2.50. The Kier molecular flexibility index (Phi) is 16.4. The third-order valence-corrected chi connectivity index (χ3v) is 11.6. The van der Waals surface area contributed by atoms with Crippen LogP contribution in [0.25, 0.3) is 0 Å². The van der Waals surface area contributed by atoms with Gasteiger partial charge in [0.2, 0.25) is 0 Å². The zero-order chi connectivity index (χ0) is 36.1. The Bertz CT molecular complexity index is 1170. The molecule has 0 bridgehead atoms. The van der Waals surface area contributed by atoms with Crippen LogP contribution in [0.2, 0.25) is 0 Å². The van der Waals surface area contributed by atoms with Crippen LogP contribution in [0.15, 0.2) is 54.6 Å². The van der Waals surface area contributed by atoms with Gasteiger partial charge in [0.05, 0.1) is 52.5 Å². The van der Waals surface area contributed by atoms with Crippen molar-refractivity contribution >= 4 is 23.8 Å². The van der Waals surface area contributed by atoms with E-state index in [9.17, 15) is 0 Å². The molecule has 0 fully saturated rings. The molecule has 0 aromatic heterocycles. The van der Waals surface area contributed by atoms with Crippen molar-refractivity contribution in [1.82, 2.24) is 0 Å². The smallest absolute Gasteiger partial charge is 0.131 e. The lowest BCUT2D eigenvalue weighted by atomic mass is 10.2. The normalized spacial score (nSPS) is 15.7. The number of hydrogen-bond acceptors (Lipinski definition) is 6. The van der Waals surface area contributed by atoms with Crippen LogP contribution in [0.5, 0.6) is 34.5 Å². The van der Waals surface area contributed by atoms with Gasteiger partial charge in [-0.1, -0.05) is 59.7 Å². The molecule has 6 nitrogen and oxygen atoms in total. The first-order valence-corrected chi connectivity index (χ1v) is 20.0. The third-order valence-electron chi connectivity index (χ3n) is 8.98. The van der Waals surface area contributed by atoms with E-state index < -0.39 is 7.92 Å². The van der Waals surface area contributed by atoms with E-state index in [4.69, 9.17) is 28.4 Å². The van der Waals surface area contributed by atoms with Crippen molar-refractivity contribution in [3.8, 4) is 34.5 Å². The lowest BCUT2D eigenvalue weighted by Gasteiger charge is -2.32. The SMILES string of the molecule is CCC(C)Oc1cccc(OC(C)CC)c1P(c1c(OC(C)CC)cccc1OC(C)CC)c1c(OC(C)CC)cccc1OC(C)CC. The molecule has 7 heteroatoms. The van der Waals surface area contributed by atoms with Crippen molar-refractivity contribution in [3.63, 3.8) is 0 Å². The molecule has 0 aliphatic heterocycles. The first kappa shape index (κ1) is 40.3. The van der Waals surface area contributed by atoms with Gasteiger partial charge in [-0.15, -0.1) is 0 Å². The van der Waals surface area contributed by atoms with E-state index in [-0.39, 0.29) is 36.6 Å². The van der Waals surface area contributed by atoms with E-state index in [1.54, 1.807) is 0 Å². The monoisotopic (exact) mass is 694 g/mol. The average molecular weight is 695 g/mol. The van der Waals surface area contributed by atoms with Crippen molar-refractivity contribution in [2.24, 2.45) is 0 Å². The Hall–Kier alpha value is -3.11. The van der Waals surface area contributed by atoms with E-state index in [0.29, 0.717) is 0 Å². The summed E-state index contributed by atoms with van der Waals surface area (Å²) in [5.41, 5.74) is 0. The lowest BCUT2D eigenvalue weighted by Crippen LogP contribution is -2.32. The summed E-state index contributed by atoms with van der Waals surface area (Å²) in [5.74, 6) is 4.68. The van der Waals surface area contributed by atoms with Crippen LogP contribution in [0, 0.1) is 0 Å². The molecule has 0 heterocycles. The Morgan fingerprint density at radius 1 is 0.347 bits per heavy atom. The zero-order valence-corrected chi connectivity index (χ0v) is 33.2. The first-order chi connectivity index (χ1) is 23.5. The molecule has 272 valence electrons. The van der Waals surface area contributed by atoms with Gasteiger partial charge in [-0.3, -0.25) is 0 Å². The Morgan fingerprint density at radius 3 is 0.653 bits per heavy atom. The Morgan fingerprint density at radius 2 is 0.510 bits per heavy atom. The molecule has 0 spiro atoms. The predicted octanol–water partition coefficient (Wildman–Crippen LogP) is 10.5. The van der Waals surface area contributed by atoms with Crippen LogP contribution in [0.4, 0.5) is 0 Å². The molecule has 0 amide bonds. The molecule has 0 saturated heterocycles. The highest BCUT2D eigenvalue weighted by molar-refractivity contribution is 7.81. The maximum absolute atomic E-state index is 6.82. The molecule has 6 unspecified atom stereocenters. The quantitative estimate of drug-likeness (QED) is 0.104. The van der Waals surface area contributed by atoms with Crippen molar-refractivity contribution in [1.29, 1.82) is 0 Å². The molecular weight excluding hydrogens is 631 g/mol. The van der Waals surface area contributed by atoms with Crippen molar-refractivity contribution in [3.05, 3.63) is 54.6 Å². The molecule has 3 aromatic rings. The Labute approximate surface area is 298 Å². The molecule has 0 radical (unpaired) electrons. The first-order valence-electron chi connectivity index (χ1n) is 18.7. The van der Waals surface area contributed by atoms with Gasteiger partial charge in [0.15, 0.2) is 0 Å². The van der Waals surface area contributed by atoms with Crippen molar-refractivity contribution < 1.29 is 28.4 Å². The predicted molar refractivity (Wildman–Crippen MR) is 207 cm³/mol. The second-order valence-electron chi connectivity index (χ2n) is 13.2. The van der Waals surface area contributed by atoms with E-state index >= 15 is 0 Å². The molecule has 0 aliphatic rings. The van der Waals surface area contributed by atoms with Gasteiger partial charge in [-0.25, -0.2) is 0 Å². The topological polar surface area (TPSA) is 55.4 Å². The summed E-state index contributed by atoms with van der Waals surface area (Å²) >= 11 is 0. The highest BCUT2D eigenvalue weighted by Gasteiger charge is 2.36. The van der Waals surface area contributed by atoms with Crippen LogP contribution >= 0.6 is 7.92 Å². The minimum atomic E-state index is -1.53. The van der Waals surface area contributed by atoms with E-state index in [2.05, 4.69) is 119 Å². The maximum atomic E-state index is 6.82. The lowest BCUT2D eigenvalue weighted by molar-refractivity contribution is 0.208. The number of hydrogen-bond donors (Lipinski definition) is 0.